The lowest BCUT2D eigenvalue weighted by Crippen LogP contribution is -2.47. The van der Waals surface area contributed by atoms with E-state index < -0.39 is 15.9 Å². The molecule has 2 amide bonds. The molecule has 148 valence electrons. The summed E-state index contributed by atoms with van der Waals surface area (Å²) in [6, 6.07) is 10.4. The monoisotopic (exact) mass is 401 g/mol. The standard InChI is InChI=1S/C20H23N3O4S/c24-18(12-11-14-5-1-2-6-14)21-22-19(25)13-23-16-9-3-7-15-8-4-10-17(20(15)16)28(23,26)27/h3-4,7-10,14H,1-2,5-6,11-13H2,(H,21,24)(H,22,25). The predicted octanol–water partition coefficient (Wildman–Crippen LogP) is 2.47. The van der Waals surface area contributed by atoms with Crippen molar-refractivity contribution in [2.24, 2.45) is 5.92 Å². The lowest BCUT2D eigenvalue weighted by molar-refractivity contribution is -0.128. The van der Waals surface area contributed by atoms with Crippen molar-refractivity contribution < 1.29 is 18.0 Å². The van der Waals surface area contributed by atoms with Crippen LogP contribution in [0.1, 0.15) is 38.5 Å². The quantitative estimate of drug-likeness (QED) is 0.753. The minimum absolute atomic E-state index is 0.203. The fraction of sp³-hybridized carbons (Fsp3) is 0.400. The molecule has 0 saturated heterocycles. The van der Waals surface area contributed by atoms with Crippen LogP contribution in [0.25, 0.3) is 10.8 Å². The van der Waals surface area contributed by atoms with Crippen LogP contribution in [0.2, 0.25) is 0 Å². The minimum atomic E-state index is -3.79. The Morgan fingerprint density at radius 1 is 1.00 bits per heavy atom. The molecule has 1 heterocycles. The second-order valence-electron chi connectivity index (χ2n) is 7.43. The van der Waals surface area contributed by atoms with Crippen molar-refractivity contribution in [1.82, 2.24) is 10.9 Å². The lowest BCUT2D eigenvalue weighted by atomic mass is 10.0. The fourth-order valence-electron chi connectivity index (χ4n) is 4.13. The molecule has 2 aromatic carbocycles. The number of nitrogens with zero attached hydrogens (tertiary/aromatic N) is 1. The van der Waals surface area contributed by atoms with Gasteiger partial charge in [0.1, 0.15) is 6.54 Å². The molecule has 1 fully saturated rings. The van der Waals surface area contributed by atoms with E-state index in [1.807, 2.05) is 12.1 Å². The molecule has 2 aliphatic rings. The smallest absolute Gasteiger partial charge is 0.265 e. The maximum atomic E-state index is 12.8. The Labute approximate surface area is 164 Å². The second-order valence-corrected chi connectivity index (χ2v) is 9.26. The van der Waals surface area contributed by atoms with Crippen molar-refractivity contribution in [2.75, 3.05) is 10.8 Å². The highest BCUT2D eigenvalue weighted by Crippen LogP contribution is 2.41. The molecule has 2 N–H and O–H groups in total. The molecule has 0 atom stereocenters. The van der Waals surface area contributed by atoms with Gasteiger partial charge in [0.2, 0.25) is 5.91 Å². The Morgan fingerprint density at radius 2 is 1.68 bits per heavy atom. The molecule has 4 rings (SSSR count). The first-order chi connectivity index (χ1) is 13.5. The van der Waals surface area contributed by atoms with Crippen LogP contribution in [0.15, 0.2) is 41.3 Å². The molecule has 0 aromatic heterocycles. The van der Waals surface area contributed by atoms with E-state index in [9.17, 15) is 18.0 Å². The number of carbonyl (C=O) groups is 2. The second kappa shape index (κ2) is 7.43. The van der Waals surface area contributed by atoms with Crippen molar-refractivity contribution in [3.63, 3.8) is 0 Å². The predicted molar refractivity (Wildman–Crippen MR) is 106 cm³/mol. The van der Waals surface area contributed by atoms with Gasteiger partial charge < -0.3 is 0 Å². The highest BCUT2D eigenvalue weighted by molar-refractivity contribution is 7.93. The number of amides is 2. The molecule has 1 aliphatic heterocycles. The first kappa shape index (κ1) is 18.7. The molecular formula is C20H23N3O4S. The van der Waals surface area contributed by atoms with Crippen molar-refractivity contribution in [2.45, 2.75) is 43.4 Å². The maximum absolute atomic E-state index is 12.8. The average molecular weight is 401 g/mol. The normalized spacial score (nSPS) is 17.8. The molecule has 28 heavy (non-hydrogen) atoms. The number of sulfonamides is 1. The van der Waals surface area contributed by atoms with Crippen LogP contribution in [-0.2, 0) is 19.6 Å². The molecule has 0 radical (unpaired) electrons. The molecule has 0 bridgehead atoms. The van der Waals surface area contributed by atoms with E-state index in [0.717, 1.165) is 16.1 Å². The molecule has 8 heteroatoms. The zero-order valence-electron chi connectivity index (χ0n) is 15.5. The number of hydrazine groups is 1. The van der Waals surface area contributed by atoms with Gasteiger partial charge in [-0.25, -0.2) is 8.42 Å². The van der Waals surface area contributed by atoms with E-state index in [4.69, 9.17) is 0 Å². The number of carbonyl (C=O) groups excluding carboxylic acids is 2. The zero-order valence-corrected chi connectivity index (χ0v) is 16.3. The van der Waals surface area contributed by atoms with Crippen LogP contribution in [0.5, 0.6) is 0 Å². The number of hydrogen-bond donors (Lipinski definition) is 2. The van der Waals surface area contributed by atoms with Crippen LogP contribution in [0.3, 0.4) is 0 Å². The van der Waals surface area contributed by atoms with Gasteiger partial charge in [-0.15, -0.1) is 0 Å². The van der Waals surface area contributed by atoms with Gasteiger partial charge in [0.05, 0.1) is 10.6 Å². The SMILES string of the molecule is O=C(CCC1CCCC1)NNC(=O)CN1c2cccc3cccc(c23)S1(=O)=O. The van der Waals surface area contributed by atoms with Crippen LogP contribution in [-0.4, -0.2) is 26.8 Å². The van der Waals surface area contributed by atoms with Gasteiger partial charge in [-0.05, 0) is 29.9 Å². The summed E-state index contributed by atoms with van der Waals surface area (Å²) in [5, 5.41) is 1.43. The largest absolute Gasteiger partial charge is 0.273 e. The summed E-state index contributed by atoms with van der Waals surface area (Å²) in [5.74, 6) is -0.243. The third-order valence-electron chi connectivity index (χ3n) is 5.56. The molecule has 1 aliphatic carbocycles. The van der Waals surface area contributed by atoms with Gasteiger partial charge in [0.25, 0.3) is 15.9 Å². The first-order valence-electron chi connectivity index (χ1n) is 9.59. The van der Waals surface area contributed by atoms with Crippen LogP contribution in [0, 0.1) is 5.92 Å². The molecule has 0 unspecified atom stereocenters. The molecule has 2 aromatic rings. The minimum Gasteiger partial charge on any atom is -0.273 e. The van der Waals surface area contributed by atoms with Gasteiger partial charge in [0, 0.05) is 11.8 Å². The van der Waals surface area contributed by atoms with E-state index in [1.165, 1.54) is 25.7 Å². The van der Waals surface area contributed by atoms with Crippen LogP contribution >= 0.6 is 0 Å². The van der Waals surface area contributed by atoms with E-state index in [-0.39, 0.29) is 17.3 Å². The van der Waals surface area contributed by atoms with Crippen LogP contribution < -0.4 is 15.2 Å². The number of nitrogens with one attached hydrogen (secondary N) is 2. The Morgan fingerprint density at radius 3 is 2.43 bits per heavy atom. The summed E-state index contributed by atoms with van der Waals surface area (Å²) in [7, 11) is -3.79. The zero-order chi connectivity index (χ0) is 19.7. The van der Waals surface area contributed by atoms with E-state index >= 15 is 0 Å². The van der Waals surface area contributed by atoms with Crippen molar-refractivity contribution in [3.05, 3.63) is 36.4 Å². The van der Waals surface area contributed by atoms with Gasteiger partial charge >= 0.3 is 0 Å². The lowest BCUT2D eigenvalue weighted by Gasteiger charge is -2.18. The number of benzene rings is 2. The summed E-state index contributed by atoms with van der Waals surface area (Å²) >= 11 is 0. The van der Waals surface area contributed by atoms with Gasteiger partial charge in [-0.3, -0.25) is 24.7 Å². The number of hydrogen-bond acceptors (Lipinski definition) is 4. The molecule has 7 nitrogen and oxygen atoms in total. The summed E-state index contributed by atoms with van der Waals surface area (Å²) in [6.45, 7) is -0.390. The summed E-state index contributed by atoms with van der Waals surface area (Å²) in [6.07, 6.45) is 5.96. The third-order valence-corrected chi connectivity index (χ3v) is 7.37. The molecule has 0 spiro atoms. The van der Waals surface area contributed by atoms with Crippen molar-refractivity contribution in [3.8, 4) is 0 Å². The third kappa shape index (κ3) is 3.44. The van der Waals surface area contributed by atoms with Crippen molar-refractivity contribution >= 4 is 38.3 Å². The van der Waals surface area contributed by atoms with Gasteiger partial charge in [-0.2, -0.15) is 0 Å². The summed E-state index contributed by atoms with van der Waals surface area (Å²) < 4.78 is 26.8. The van der Waals surface area contributed by atoms with Gasteiger partial charge in [0.15, 0.2) is 0 Å². The molecular weight excluding hydrogens is 378 g/mol. The van der Waals surface area contributed by atoms with Crippen LogP contribution in [0.4, 0.5) is 5.69 Å². The Bertz CT molecular complexity index is 1020. The van der Waals surface area contributed by atoms with E-state index in [2.05, 4.69) is 10.9 Å². The van der Waals surface area contributed by atoms with Gasteiger partial charge in [-0.1, -0.05) is 49.9 Å². The average Bonchev–Trinajstić information content (AvgIpc) is 3.27. The summed E-state index contributed by atoms with van der Waals surface area (Å²) in [5.41, 5.74) is 5.21. The number of anilines is 1. The molecule has 1 saturated carbocycles. The van der Waals surface area contributed by atoms with E-state index in [0.29, 0.717) is 23.4 Å². The van der Waals surface area contributed by atoms with Crippen molar-refractivity contribution in [1.29, 1.82) is 0 Å². The topological polar surface area (TPSA) is 95.6 Å². The number of rotatable bonds is 5. The Kier molecular flexibility index (Phi) is 4.97. The highest BCUT2D eigenvalue weighted by Gasteiger charge is 2.36. The van der Waals surface area contributed by atoms with E-state index in [1.54, 1.807) is 24.3 Å². The Balaban J connectivity index is 1.38. The maximum Gasteiger partial charge on any atom is 0.265 e. The highest BCUT2D eigenvalue weighted by atomic mass is 32.2. The Hall–Kier alpha value is -2.61. The fourth-order valence-corrected chi connectivity index (χ4v) is 5.80. The summed E-state index contributed by atoms with van der Waals surface area (Å²) in [4.78, 5) is 24.4. The first-order valence-corrected chi connectivity index (χ1v) is 11.0.